The Morgan fingerprint density at radius 3 is 2.71 bits per heavy atom. The number of hydrogen-bond donors (Lipinski definition) is 1. The summed E-state index contributed by atoms with van der Waals surface area (Å²) in [7, 11) is 0. The van der Waals surface area contributed by atoms with Gasteiger partial charge in [0, 0.05) is 6.04 Å². The summed E-state index contributed by atoms with van der Waals surface area (Å²) >= 11 is 5.82. The van der Waals surface area contributed by atoms with Crippen molar-refractivity contribution in [3.05, 3.63) is 11.4 Å². The number of amides is 1. The van der Waals surface area contributed by atoms with Gasteiger partial charge in [-0.1, -0.05) is 18.6 Å². The predicted octanol–water partition coefficient (Wildman–Crippen LogP) is 1.50. The monoisotopic (exact) mass is 316 g/mol. The lowest BCUT2D eigenvalue weighted by Gasteiger charge is -2.13. The molecule has 8 heteroatoms. The van der Waals surface area contributed by atoms with Crippen molar-refractivity contribution in [1.29, 1.82) is 0 Å². The molecule has 0 radical (unpaired) electrons. The molecule has 1 amide bonds. The highest BCUT2D eigenvalue weighted by Gasteiger charge is 2.21. The average molecular weight is 317 g/mol. The molecule has 0 aromatic carbocycles. The molecule has 0 saturated heterocycles. The summed E-state index contributed by atoms with van der Waals surface area (Å²) in [6.07, 6.45) is 1.89. The largest absolute Gasteiger partial charge is 0.461 e. The van der Waals surface area contributed by atoms with Crippen LogP contribution >= 0.6 is 11.6 Å². The molecular weight excluding hydrogens is 296 g/mol. The van der Waals surface area contributed by atoms with Gasteiger partial charge in [0.2, 0.25) is 5.91 Å². The molecule has 118 valence electrons. The second-order valence-electron chi connectivity index (χ2n) is 4.65. The van der Waals surface area contributed by atoms with Crippen molar-refractivity contribution in [3.8, 4) is 0 Å². The van der Waals surface area contributed by atoms with Gasteiger partial charge < -0.3 is 10.1 Å². The standard InChI is InChI=1S/C13H21ClN4O3/c1-4-6-9(3)15-11(19)8-18-10(7-14)12(16-17-18)13(20)21-5-2/h9H,4-8H2,1-3H3,(H,15,19). The fourth-order valence-electron chi connectivity index (χ4n) is 1.91. The number of carbonyl (C=O) groups is 2. The molecule has 0 aliphatic heterocycles. The van der Waals surface area contributed by atoms with Gasteiger partial charge in [0.15, 0.2) is 5.69 Å². The summed E-state index contributed by atoms with van der Waals surface area (Å²) in [5.74, 6) is -0.749. The Balaban J connectivity index is 2.75. The number of aromatic nitrogens is 3. The third kappa shape index (κ3) is 5.00. The number of carbonyl (C=O) groups excluding carboxylic acids is 2. The molecule has 21 heavy (non-hydrogen) atoms. The van der Waals surface area contributed by atoms with E-state index in [1.807, 2.05) is 6.92 Å². The summed E-state index contributed by atoms with van der Waals surface area (Å²) in [6.45, 7) is 5.91. The summed E-state index contributed by atoms with van der Waals surface area (Å²) < 4.78 is 6.20. The molecule has 1 aromatic heterocycles. The Hall–Kier alpha value is -1.63. The Kier molecular flexibility index (Phi) is 7.14. The van der Waals surface area contributed by atoms with E-state index in [1.165, 1.54) is 4.68 Å². The van der Waals surface area contributed by atoms with Crippen LogP contribution in [0.3, 0.4) is 0 Å². The lowest BCUT2D eigenvalue weighted by atomic mass is 10.2. The fraction of sp³-hybridized carbons (Fsp3) is 0.692. The van der Waals surface area contributed by atoms with Gasteiger partial charge in [0.25, 0.3) is 0 Å². The van der Waals surface area contributed by atoms with Gasteiger partial charge in [0.1, 0.15) is 6.54 Å². The molecule has 7 nitrogen and oxygen atoms in total. The van der Waals surface area contributed by atoms with Gasteiger partial charge in [-0.05, 0) is 20.3 Å². The zero-order valence-electron chi connectivity index (χ0n) is 12.6. The van der Waals surface area contributed by atoms with E-state index in [0.29, 0.717) is 5.69 Å². The molecule has 0 saturated carbocycles. The minimum Gasteiger partial charge on any atom is -0.461 e. The molecule has 1 aromatic rings. The number of ether oxygens (including phenoxy) is 1. The smallest absolute Gasteiger partial charge is 0.360 e. The summed E-state index contributed by atoms with van der Waals surface area (Å²) in [5.41, 5.74) is 0.440. The van der Waals surface area contributed by atoms with Gasteiger partial charge in [-0.3, -0.25) is 4.79 Å². The topological polar surface area (TPSA) is 86.1 Å². The van der Waals surface area contributed by atoms with E-state index >= 15 is 0 Å². The number of halogens is 1. The molecule has 0 aliphatic carbocycles. The van der Waals surface area contributed by atoms with Crippen molar-refractivity contribution in [2.24, 2.45) is 0 Å². The molecule has 0 aliphatic rings. The van der Waals surface area contributed by atoms with Crippen LogP contribution in [0, 0.1) is 0 Å². The molecule has 0 fully saturated rings. The van der Waals surface area contributed by atoms with Crippen molar-refractivity contribution >= 4 is 23.5 Å². The zero-order valence-corrected chi connectivity index (χ0v) is 13.3. The minimum absolute atomic E-state index is 0.0253. The number of alkyl halides is 1. The van der Waals surface area contributed by atoms with Crippen LogP contribution in [-0.2, 0) is 22.0 Å². The van der Waals surface area contributed by atoms with Gasteiger partial charge in [-0.2, -0.15) is 0 Å². The highest BCUT2D eigenvalue weighted by Crippen LogP contribution is 2.10. The van der Waals surface area contributed by atoms with Gasteiger partial charge >= 0.3 is 5.97 Å². The maximum atomic E-state index is 11.9. The SMILES string of the molecule is CCCC(C)NC(=O)Cn1nnc(C(=O)OCC)c1CCl. The molecule has 0 spiro atoms. The Morgan fingerprint density at radius 1 is 1.43 bits per heavy atom. The number of nitrogens with zero attached hydrogens (tertiary/aromatic N) is 3. The van der Waals surface area contributed by atoms with Crippen LogP contribution in [0.15, 0.2) is 0 Å². The zero-order chi connectivity index (χ0) is 15.8. The van der Waals surface area contributed by atoms with E-state index in [1.54, 1.807) is 6.92 Å². The van der Waals surface area contributed by atoms with Crippen LogP contribution < -0.4 is 5.32 Å². The van der Waals surface area contributed by atoms with Crippen LogP contribution in [-0.4, -0.2) is 39.5 Å². The lowest BCUT2D eigenvalue weighted by Crippen LogP contribution is -2.35. The molecular formula is C13H21ClN4O3. The Labute approximate surface area is 129 Å². The van der Waals surface area contributed by atoms with Crippen LogP contribution in [0.4, 0.5) is 0 Å². The quantitative estimate of drug-likeness (QED) is 0.580. The van der Waals surface area contributed by atoms with E-state index in [2.05, 4.69) is 22.6 Å². The third-order valence-corrected chi connectivity index (χ3v) is 3.11. The highest BCUT2D eigenvalue weighted by atomic mass is 35.5. The van der Waals surface area contributed by atoms with E-state index in [9.17, 15) is 9.59 Å². The molecule has 0 bridgehead atoms. The van der Waals surface area contributed by atoms with Crippen LogP contribution in [0.1, 0.15) is 49.8 Å². The van der Waals surface area contributed by atoms with E-state index in [0.717, 1.165) is 12.8 Å². The number of nitrogens with one attached hydrogen (secondary N) is 1. The first-order chi connectivity index (χ1) is 10.0. The average Bonchev–Trinajstić information content (AvgIpc) is 2.81. The predicted molar refractivity (Wildman–Crippen MR) is 78.0 cm³/mol. The van der Waals surface area contributed by atoms with Gasteiger partial charge in [-0.15, -0.1) is 16.7 Å². The first-order valence-corrected chi connectivity index (χ1v) is 7.51. The van der Waals surface area contributed by atoms with E-state index in [4.69, 9.17) is 16.3 Å². The molecule has 1 rings (SSSR count). The lowest BCUT2D eigenvalue weighted by molar-refractivity contribution is -0.122. The molecule has 1 heterocycles. The van der Waals surface area contributed by atoms with Gasteiger partial charge in [-0.25, -0.2) is 9.48 Å². The second kappa shape index (κ2) is 8.61. The second-order valence-corrected chi connectivity index (χ2v) is 4.92. The van der Waals surface area contributed by atoms with Crippen molar-refractivity contribution in [1.82, 2.24) is 20.3 Å². The highest BCUT2D eigenvalue weighted by molar-refractivity contribution is 6.17. The minimum atomic E-state index is -0.584. The summed E-state index contributed by atoms with van der Waals surface area (Å²) in [6, 6.07) is 0.0926. The van der Waals surface area contributed by atoms with Crippen molar-refractivity contribution < 1.29 is 14.3 Å². The maximum Gasteiger partial charge on any atom is 0.360 e. The fourth-order valence-corrected chi connectivity index (χ4v) is 2.18. The number of rotatable bonds is 8. The molecule has 1 atom stereocenters. The first-order valence-electron chi connectivity index (χ1n) is 6.98. The van der Waals surface area contributed by atoms with Crippen molar-refractivity contribution in [2.75, 3.05) is 6.61 Å². The van der Waals surface area contributed by atoms with Crippen LogP contribution in [0.5, 0.6) is 0 Å². The maximum absolute atomic E-state index is 11.9. The molecule has 1 unspecified atom stereocenters. The Morgan fingerprint density at radius 2 is 2.14 bits per heavy atom. The van der Waals surface area contributed by atoms with Crippen LogP contribution in [0.25, 0.3) is 0 Å². The first kappa shape index (κ1) is 17.4. The summed E-state index contributed by atoms with van der Waals surface area (Å²) in [4.78, 5) is 23.6. The van der Waals surface area contributed by atoms with Crippen LogP contribution in [0.2, 0.25) is 0 Å². The van der Waals surface area contributed by atoms with Crippen molar-refractivity contribution in [3.63, 3.8) is 0 Å². The Bertz CT molecular complexity index is 490. The normalized spacial score (nSPS) is 12.0. The molecule has 1 N–H and O–H groups in total. The van der Waals surface area contributed by atoms with Crippen molar-refractivity contribution in [2.45, 2.75) is 52.1 Å². The number of hydrogen-bond acceptors (Lipinski definition) is 5. The van der Waals surface area contributed by atoms with E-state index in [-0.39, 0.29) is 36.7 Å². The summed E-state index contributed by atoms with van der Waals surface area (Å²) in [5, 5.41) is 10.4. The third-order valence-electron chi connectivity index (χ3n) is 2.86. The van der Waals surface area contributed by atoms with Gasteiger partial charge in [0.05, 0.1) is 18.2 Å². The van der Waals surface area contributed by atoms with E-state index < -0.39 is 5.97 Å². The number of esters is 1.